The molecule has 0 fully saturated rings. The van der Waals surface area contributed by atoms with Crippen molar-refractivity contribution in [3.05, 3.63) is 70.5 Å². The van der Waals surface area contributed by atoms with E-state index in [4.69, 9.17) is 11.6 Å². The van der Waals surface area contributed by atoms with Gasteiger partial charge >= 0.3 is 0 Å². The van der Waals surface area contributed by atoms with Crippen LogP contribution >= 0.6 is 11.6 Å². The van der Waals surface area contributed by atoms with Crippen molar-refractivity contribution >= 4 is 17.4 Å². The number of rotatable bonds is 3. The summed E-state index contributed by atoms with van der Waals surface area (Å²) in [6, 6.07) is 11.4. The topological polar surface area (TPSA) is 17.1 Å². The average molecular weight is 277 g/mol. The molecule has 0 N–H and O–H groups in total. The van der Waals surface area contributed by atoms with E-state index in [0.29, 0.717) is 11.1 Å². The summed E-state index contributed by atoms with van der Waals surface area (Å²) in [6.07, 6.45) is 0. The van der Waals surface area contributed by atoms with Crippen LogP contribution in [0.2, 0.25) is 0 Å². The summed E-state index contributed by atoms with van der Waals surface area (Å²) in [6.45, 7) is 3.77. The third-order valence-electron chi connectivity index (χ3n) is 3.12. The Balaban J connectivity index is 2.36. The van der Waals surface area contributed by atoms with Crippen LogP contribution in [0.3, 0.4) is 0 Å². The van der Waals surface area contributed by atoms with Crippen molar-refractivity contribution in [3.63, 3.8) is 0 Å². The number of Topliss-reactive ketones (excluding diaryl/α,β-unsaturated/α-hetero) is 1. The maximum Gasteiger partial charge on any atom is 0.185 e. The van der Waals surface area contributed by atoms with Gasteiger partial charge < -0.3 is 0 Å². The number of ketones is 1. The highest BCUT2D eigenvalue weighted by Crippen LogP contribution is 2.28. The van der Waals surface area contributed by atoms with Gasteiger partial charge in [-0.2, -0.15) is 0 Å². The molecule has 2 rings (SSSR count). The van der Waals surface area contributed by atoms with Crippen LogP contribution in [0.4, 0.5) is 4.39 Å². The van der Waals surface area contributed by atoms with Crippen LogP contribution in [-0.4, -0.2) is 5.78 Å². The summed E-state index contributed by atoms with van der Waals surface area (Å²) in [5, 5.41) is -0.791. The van der Waals surface area contributed by atoms with Gasteiger partial charge in [0, 0.05) is 5.56 Å². The second kappa shape index (κ2) is 5.54. The average Bonchev–Trinajstić information content (AvgIpc) is 2.38. The Hall–Kier alpha value is -1.67. The van der Waals surface area contributed by atoms with E-state index < -0.39 is 5.38 Å². The van der Waals surface area contributed by atoms with Gasteiger partial charge in [0.05, 0.1) is 0 Å². The Morgan fingerprint density at radius 2 is 1.58 bits per heavy atom. The van der Waals surface area contributed by atoms with Crippen molar-refractivity contribution in [1.29, 1.82) is 0 Å². The molecule has 98 valence electrons. The number of halogens is 2. The van der Waals surface area contributed by atoms with Gasteiger partial charge in [-0.1, -0.05) is 30.3 Å². The van der Waals surface area contributed by atoms with Gasteiger partial charge in [-0.15, -0.1) is 11.6 Å². The summed E-state index contributed by atoms with van der Waals surface area (Å²) < 4.78 is 12.9. The lowest BCUT2D eigenvalue weighted by Gasteiger charge is -2.13. The second-order valence-electron chi connectivity index (χ2n) is 4.55. The van der Waals surface area contributed by atoms with E-state index in [0.717, 1.165) is 11.1 Å². The first-order chi connectivity index (χ1) is 9.00. The van der Waals surface area contributed by atoms with Crippen LogP contribution in [-0.2, 0) is 0 Å². The molecule has 1 unspecified atom stereocenters. The number of carbonyl (C=O) groups excluding carboxylic acids is 1. The fourth-order valence-electron chi connectivity index (χ4n) is 2.11. The standard InChI is InChI=1S/C16H14ClFO/c1-10-4-3-5-11(2)14(10)16(19)15(17)12-6-8-13(18)9-7-12/h3-9,15H,1-2H3. The molecular formula is C16H14ClFO. The Morgan fingerprint density at radius 3 is 2.11 bits per heavy atom. The summed E-state index contributed by atoms with van der Waals surface area (Å²) in [4.78, 5) is 12.4. The maximum atomic E-state index is 12.9. The predicted octanol–water partition coefficient (Wildman–Crippen LogP) is 4.61. The molecule has 0 heterocycles. The highest BCUT2D eigenvalue weighted by Gasteiger charge is 2.22. The number of benzene rings is 2. The molecule has 0 aliphatic rings. The van der Waals surface area contributed by atoms with Crippen molar-refractivity contribution in [2.24, 2.45) is 0 Å². The van der Waals surface area contributed by atoms with Crippen LogP contribution in [0.5, 0.6) is 0 Å². The van der Waals surface area contributed by atoms with E-state index in [9.17, 15) is 9.18 Å². The van der Waals surface area contributed by atoms with Gasteiger partial charge in [-0.05, 0) is 42.7 Å². The fourth-order valence-corrected chi connectivity index (χ4v) is 2.37. The zero-order valence-electron chi connectivity index (χ0n) is 10.8. The van der Waals surface area contributed by atoms with E-state index >= 15 is 0 Å². The minimum Gasteiger partial charge on any atom is -0.292 e. The summed E-state index contributed by atoms with van der Waals surface area (Å²) >= 11 is 6.22. The van der Waals surface area contributed by atoms with Gasteiger partial charge in [0.1, 0.15) is 11.2 Å². The SMILES string of the molecule is Cc1cccc(C)c1C(=O)C(Cl)c1ccc(F)cc1. The quantitative estimate of drug-likeness (QED) is 0.591. The van der Waals surface area contributed by atoms with Crippen LogP contribution in [0, 0.1) is 19.7 Å². The number of alkyl halides is 1. The van der Waals surface area contributed by atoms with Crippen LogP contribution in [0.25, 0.3) is 0 Å². The van der Waals surface area contributed by atoms with Crippen LogP contribution in [0.1, 0.15) is 32.4 Å². The molecule has 0 spiro atoms. The number of aryl methyl sites for hydroxylation is 2. The molecule has 0 radical (unpaired) electrons. The molecule has 0 aliphatic heterocycles. The molecule has 1 nitrogen and oxygen atoms in total. The minimum atomic E-state index is -0.791. The Labute approximate surface area is 117 Å². The first-order valence-electron chi connectivity index (χ1n) is 6.00. The maximum absolute atomic E-state index is 12.9. The lowest BCUT2D eigenvalue weighted by Crippen LogP contribution is -2.11. The molecule has 0 saturated heterocycles. The molecule has 0 aliphatic carbocycles. The molecule has 0 bridgehead atoms. The van der Waals surface area contributed by atoms with E-state index in [1.165, 1.54) is 12.1 Å². The third kappa shape index (κ3) is 2.85. The Bertz CT molecular complexity index is 584. The number of carbonyl (C=O) groups is 1. The summed E-state index contributed by atoms with van der Waals surface area (Å²) in [7, 11) is 0. The molecule has 1 atom stereocenters. The normalized spacial score (nSPS) is 12.2. The smallest absolute Gasteiger partial charge is 0.185 e. The lowest BCUT2D eigenvalue weighted by molar-refractivity contribution is 0.0986. The van der Waals surface area contributed by atoms with Gasteiger partial charge in [-0.25, -0.2) is 4.39 Å². The lowest BCUT2D eigenvalue weighted by atomic mass is 9.95. The first-order valence-corrected chi connectivity index (χ1v) is 6.44. The van der Waals surface area contributed by atoms with Gasteiger partial charge in [0.15, 0.2) is 5.78 Å². The van der Waals surface area contributed by atoms with Crippen molar-refractivity contribution in [2.75, 3.05) is 0 Å². The third-order valence-corrected chi connectivity index (χ3v) is 3.57. The van der Waals surface area contributed by atoms with E-state index in [1.54, 1.807) is 12.1 Å². The van der Waals surface area contributed by atoms with Crippen molar-refractivity contribution in [1.82, 2.24) is 0 Å². The zero-order valence-corrected chi connectivity index (χ0v) is 11.5. The van der Waals surface area contributed by atoms with Crippen molar-refractivity contribution < 1.29 is 9.18 Å². The van der Waals surface area contributed by atoms with Crippen molar-refractivity contribution in [3.8, 4) is 0 Å². The Morgan fingerprint density at radius 1 is 1.05 bits per heavy atom. The summed E-state index contributed by atoms with van der Waals surface area (Å²) in [5.74, 6) is -0.490. The Kier molecular flexibility index (Phi) is 4.01. The highest BCUT2D eigenvalue weighted by molar-refractivity contribution is 6.34. The predicted molar refractivity (Wildman–Crippen MR) is 75.2 cm³/mol. The minimum absolute atomic E-state index is 0.149. The van der Waals surface area contributed by atoms with Crippen molar-refractivity contribution in [2.45, 2.75) is 19.2 Å². The zero-order chi connectivity index (χ0) is 14.0. The number of hydrogen-bond donors (Lipinski definition) is 0. The molecule has 0 aromatic heterocycles. The molecule has 3 heteroatoms. The summed E-state index contributed by atoms with van der Waals surface area (Å²) in [5.41, 5.74) is 3.05. The largest absolute Gasteiger partial charge is 0.292 e. The number of hydrogen-bond acceptors (Lipinski definition) is 1. The molecule has 2 aromatic carbocycles. The second-order valence-corrected chi connectivity index (χ2v) is 4.98. The first kappa shape index (κ1) is 13.8. The van der Waals surface area contributed by atoms with E-state index in [1.807, 2.05) is 32.0 Å². The van der Waals surface area contributed by atoms with Gasteiger partial charge in [0.25, 0.3) is 0 Å². The van der Waals surface area contributed by atoms with Gasteiger partial charge in [0.2, 0.25) is 0 Å². The van der Waals surface area contributed by atoms with Crippen LogP contribution < -0.4 is 0 Å². The monoisotopic (exact) mass is 276 g/mol. The van der Waals surface area contributed by atoms with E-state index in [-0.39, 0.29) is 11.6 Å². The molecule has 0 amide bonds. The molecule has 0 saturated carbocycles. The molecule has 19 heavy (non-hydrogen) atoms. The van der Waals surface area contributed by atoms with Gasteiger partial charge in [-0.3, -0.25) is 4.79 Å². The molecule has 2 aromatic rings. The highest BCUT2D eigenvalue weighted by atomic mass is 35.5. The molecular weight excluding hydrogens is 263 g/mol. The van der Waals surface area contributed by atoms with E-state index in [2.05, 4.69) is 0 Å². The fraction of sp³-hybridized carbons (Fsp3) is 0.188. The van der Waals surface area contributed by atoms with Crippen LogP contribution in [0.15, 0.2) is 42.5 Å².